The lowest BCUT2D eigenvalue weighted by Gasteiger charge is -2.41. The Bertz CT molecular complexity index is 2830. The summed E-state index contributed by atoms with van der Waals surface area (Å²) >= 11 is 0. The summed E-state index contributed by atoms with van der Waals surface area (Å²) in [6.07, 6.45) is -41.3. The normalized spacial score (nSPS) is 46.7. The second-order valence-electron chi connectivity index (χ2n) is 12.6. The van der Waals surface area contributed by atoms with Crippen LogP contribution in [-0.2, 0) is 29.0 Å². The predicted molar refractivity (Wildman–Crippen MR) is 189 cm³/mol. The van der Waals surface area contributed by atoms with Crippen molar-refractivity contribution in [2.75, 3.05) is 12.3 Å². The van der Waals surface area contributed by atoms with Crippen LogP contribution in [0.3, 0.4) is 0 Å². The molecule has 0 aromatic rings. The molecule has 0 bridgehead atoms. The highest BCUT2D eigenvalue weighted by Gasteiger charge is 2.69. The van der Waals surface area contributed by atoms with Crippen molar-refractivity contribution in [2.45, 2.75) is 160 Å². The van der Waals surface area contributed by atoms with Crippen LogP contribution in [0, 0.1) is 28.6 Å². The van der Waals surface area contributed by atoms with Crippen LogP contribution in [0.1, 0.15) is 186 Å². The number of ketones is 2. The standard InChI is InChI=1S/C37H62N4O7S/c1-10-11-15-23(29(43)31(44)38-24-16-17-24)20-26(42)28-27-25(36(27,8)9)21-41(28)32(45)30(34(2,3)4)39-33(46)40-37(18-13-12-14-19-37)22-49(47,48)35(5,6)7/h23-25,27-28,30H,10-22H2,1-9H3,(H,38,44)(H2,39,40,46)/t23-,25-,27-,28+,30+/m0/s1/i1D3,2D3,3D3,4D3,5D3,6D3,7D3,10D2,11D2,12D2,13D2,14D2,15D2,18D2,19D2,23D,24D. The van der Waals surface area contributed by atoms with Crippen LogP contribution in [0.2, 0.25) is 0 Å². The largest absolute Gasteiger partial charge is 0.347 e. The Morgan fingerprint density at radius 3 is 2.33 bits per heavy atom. The summed E-state index contributed by atoms with van der Waals surface area (Å²) in [5.74, 6) is -19.6. The number of nitrogens with one attached hydrogen (secondary N) is 3. The Hall–Kier alpha value is -2.50. The van der Waals surface area contributed by atoms with Gasteiger partial charge in [0.15, 0.2) is 15.6 Å². The SMILES string of the molecule is [2H]C1(NC(=O)C(=O)[C@]([2H])(CC(=O)[C@@H]2[C@@H]3[C@H](CN2C(=O)[C@@H](NC(=O)NC2(CS(=O)(=O)C(C([2H])([2H])[2H])(C([2H])([2H])[2H])C([2H])([2H])[2H])C([2H])([2H])C([2H])([2H])C([2H])([2H])C([2H])([2H])C2([2H])[2H])C(C([2H])([2H])[2H])(C([2H])([2H])[2H])C([2H])([2H])[2H])C3(C)C)C([2H])([2H])C([2H])([2H])C([2H])([2H])C([2H])([2H])[2H])CC1. The second-order valence-corrected chi connectivity index (χ2v) is 14.7. The molecule has 278 valence electrons. The zero-order valence-corrected chi connectivity index (χ0v) is 26.9. The van der Waals surface area contributed by atoms with Crippen LogP contribution < -0.4 is 16.0 Å². The smallest absolute Gasteiger partial charge is 0.315 e. The number of carbonyl (C=O) groups is 5. The Labute approximate surface area is 348 Å². The summed E-state index contributed by atoms with van der Waals surface area (Å²) in [6, 6.07) is -11.7. The van der Waals surface area contributed by atoms with E-state index in [4.69, 9.17) is 52.1 Å². The molecule has 49 heavy (non-hydrogen) atoms. The van der Waals surface area contributed by atoms with Gasteiger partial charge in [0.05, 0.1) is 23.5 Å². The summed E-state index contributed by atoms with van der Waals surface area (Å²) in [6.45, 7) is -32.0. The predicted octanol–water partition coefficient (Wildman–Crippen LogP) is 4.71. The fourth-order valence-electron chi connectivity index (χ4n) is 5.78. The summed E-state index contributed by atoms with van der Waals surface area (Å²) in [7, 11) is -7.31. The molecule has 0 unspecified atom stereocenters. The van der Waals surface area contributed by atoms with Crippen LogP contribution >= 0.6 is 0 Å². The van der Waals surface area contributed by atoms with E-state index in [1.54, 1.807) is 5.32 Å². The Morgan fingerprint density at radius 2 is 1.73 bits per heavy atom. The minimum atomic E-state index is -7.31. The van der Waals surface area contributed by atoms with Gasteiger partial charge in [0, 0.05) is 77.0 Å². The lowest BCUT2D eigenvalue weighted by Crippen LogP contribution is -2.63. The Kier molecular flexibility index (Phi) is 3.58. The van der Waals surface area contributed by atoms with Gasteiger partial charge in [0.2, 0.25) is 11.7 Å². The van der Waals surface area contributed by atoms with Crippen LogP contribution in [0.5, 0.6) is 0 Å². The van der Waals surface area contributed by atoms with Gasteiger partial charge in [0.1, 0.15) is 6.04 Å². The van der Waals surface area contributed by atoms with Crippen LogP contribution in [0.4, 0.5) is 4.79 Å². The molecule has 3 aliphatic carbocycles. The summed E-state index contributed by atoms with van der Waals surface area (Å²) in [4.78, 5) is 73.6. The van der Waals surface area contributed by atoms with Gasteiger partial charge in [-0.05, 0) is 75.2 Å². The molecule has 3 saturated carbocycles. The average Bonchev–Trinajstić information content (AvgIpc) is 0.872. The number of carbonyl (C=O) groups excluding carboxylic acids is 5. The number of rotatable bonds is 14. The van der Waals surface area contributed by atoms with E-state index < -0.39 is 214 Å². The van der Waals surface area contributed by atoms with Crippen molar-refractivity contribution in [1.82, 2.24) is 20.9 Å². The van der Waals surface area contributed by atoms with Crippen LogP contribution in [0.25, 0.3) is 0 Å². The fourth-order valence-corrected chi connectivity index (χ4v) is 6.78. The van der Waals surface area contributed by atoms with E-state index in [-0.39, 0.29) is 17.7 Å². The molecule has 5 atom stereocenters. The number of piperidine rings is 1. The lowest BCUT2D eigenvalue weighted by molar-refractivity contribution is -0.145. The topological polar surface area (TPSA) is 159 Å². The zero-order valence-electron chi connectivity index (χ0n) is 65.1. The first-order valence-corrected chi connectivity index (χ1v) is 16.1. The molecule has 11 nitrogen and oxygen atoms in total. The van der Waals surface area contributed by atoms with Gasteiger partial charge in [0.25, 0.3) is 5.91 Å². The minimum absolute atomic E-state index is 0.00817. The number of urea groups is 1. The van der Waals surface area contributed by atoms with Gasteiger partial charge in [-0.15, -0.1) is 0 Å². The third kappa shape index (κ3) is 8.87. The Morgan fingerprint density at radius 1 is 1.06 bits per heavy atom. The van der Waals surface area contributed by atoms with E-state index in [2.05, 4.69) is 0 Å². The van der Waals surface area contributed by atoms with Crippen molar-refractivity contribution in [2.24, 2.45) is 28.6 Å². The van der Waals surface area contributed by atoms with Gasteiger partial charge in [-0.2, -0.15) is 0 Å². The molecule has 0 radical (unpaired) electrons. The highest BCUT2D eigenvalue weighted by atomic mass is 32.2. The zero-order chi connectivity index (χ0) is 70.4. The molecule has 4 aliphatic rings. The number of fused-ring (bicyclic) bond motifs is 1. The van der Waals surface area contributed by atoms with Crippen LogP contribution in [0.15, 0.2) is 0 Å². The lowest BCUT2D eigenvalue weighted by atomic mass is 9.83. The fraction of sp³-hybridized carbons (Fsp3) is 0.865. The van der Waals surface area contributed by atoms with E-state index in [0.29, 0.717) is 0 Å². The first-order valence-electron chi connectivity index (χ1n) is 34.0. The van der Waals surface area contributed by atoms with Crippen molar-refractivity contribution in [3.05, 3.63) is 0 Å². The third-order valence-corrected chi connectivity index (χ3v) is 10.3. The summed E-state index contributed by atoms with van der Waals surface area (Å²) in [5.41, 5.74) is -11.5. The number of nitrogens with zero attached hydrogens (tertiary/aromatic N) is 1. The maximum Gasteiger partial charge on any atom is 0.315 e. The van der Waals surface area contributed by atoms with Crippen molar-refractivity contribution >= 4 is 39.2 Å². The van der Waals surface area contributed by atoms with E-state index in [0.717, 1.165) is 5.32 Å². The molecular formula is C37H62N4O7S. The van der Waals surface area contributed by atoms with Gasteiger partial charge in [-0.3, -0.25) is 19.2 Å². The average molecular weight is 746 g/mol. The van der Waals surface area contributed by atoms with E-state index in [1.807, 2.05) is 0 Å². The maximum atomic E-state index is 15.7. The number of Topliss-reactive ketones (excluding diaryl/α,β-unsaturated/α-hetero) is 2. The Balaban J connectivity index is 2.19. The quantitative estimate of drug-likeness (QED) is 0.217. The molecule has 1 saturated heterocycles. The molecule has 0 aromatic heterocycles. The highest BCUT2D eigenvalue weighted by molar-refractivity contribution is 7.92. The van der Waals surface area contributed by atoms with Gasteiger partial charge >= 0.3 is 6.03 Å². The number of amides is 4. The highest BCUT2D eigenvalue weighted by Crippen LogP contribution is 2.65. The van der Waals surface area contributed by atoms with Crippen LogP contribution in [-0.4, -0.2) is 83.4 Å². The molecule has 4 amide bonds. The first-order chi connectivity index (χ1) is 38.0. The molecule has 0 aromatic carbocycles. The van der Waals surface area contributed by atoms with Gasteiger partial charge in [-0.1, -0.05) is 73.1 Å². The number of sulfone groups is 1. The summed E-state index contributed by atoms with van der Waals surface area (Å²) < 4.78 is 352. The molecule has 1 heterocycles. The molecule has 4 fully saturated rings. The van der Waals surface area contributed by atoms with Crippen molar-refractivity contribution < 1.29 is 85.9 Å². The van der Waals surface area contributed by atoms with E-state index in [9.17, 15) is 19.4 Å². The molecule has 12 heteroatoms. The van der Waals surface area contributed by atoms with Gasteiger partial charge in [-0.25, -0.2) is 13.2 Å². The minimum Gasteiger partial charge on any atom is -0.347 e. The third-order valence-electron chi connectivity index (χ3n) is 8.55. The number of hydrogen-bond donors (Lipinski definition) is 3. The second kappa shape index (κ2) is 14.3. The number of likely N-dealkylation sites (tertiary alicyclic amines) is 1. The molecular weight excluding hydrogens is 644 g/mol. The van der Waals surface area contributed by atoms with Gasteiger partial charge < -0.3 is 20.9 Å². The first kappa shape index (κ1) is 12.3. The van der Waals surface area contributed by atoms with Crippen molar-refractivity contribution in [1.29, 1.82) is 0 Å². The number of hydrogen-bond acceptors (Lipinski definition) is 7. The van der Waals surface area contributed by atoms with E-state index >= 15 is 14.4 Å². The molecule has 1 aliphatic heterocycles. The molecule has 0 spiro atoms. The summed E-state index contributed by atoms with van der Waals surface area (Å²) in [5, 5.41) is 3.98. The van der Waals surface area contributed by atoms with E-state index in [1.165, 1.54) is 19.2 Å². The monoisotopic (exact) mass is 746 g/mol. The van der Waals surface area contributed by atoms with Crippen molar-refractivity contribution in [3.63, 3.8) is 0 Å². The molecule has 4 rings (SSSR count). The molecule has 3 N–H and O–H groups in total. The maximum absolute atomic E-state index is 15.7. The van der Waals surface area contributed by atoms with Crippen molar-refractivity contribution in [3.8, 4) is 0 Å².